The molecule has 8 heteroatoms. The fourth-order valence-corrected chi connectivity index (χ4v) is 3.68. The summed E-state index contributed by atoms with van der Waals surface area (Å²) in [6.45, 7) is -0.528. The van der Waals surface area contributed by atoms with Gasteiger partial charge >= 0.3 is 0 Å². The van der Waals surface area contributed by atoms with Crippen LogP contribution in [0.4, 0.5) is 0 Å². The fourth-order valence-electron chi connectivity index (χ4n) is 3.42. The molecule has 6 atom stereocenters. The van der Waals surface area contributed by atoms with Crippen molar-refractivity contribution in [1.82, 2.24) is 0 Å². The predicted molar refractivity (Wildman–Crippen MR) is 102 cm³/mol. The molecular formula is C20H20Cl2O6. The third-order valence-corrected chi connectivity index (χ3v) is 5.36. The summed E-state index contributed by atoms with van der Waals surface area (Å²) in [5, 5.41) is 21.0. The number of fused-ring (bicyclic) bond motifs is 1. The van der Waals surface area contributed by atoms with Crippen LogP contribution >= 0.6 is 23.2 Å². The van der Waals surface area contributed by atoms with Gasteiger partial charge in [-0.1, -0.05) is 47.5 Å². The van der Waals surface area contributed by atoms with Crippen LogP contribution in [0.15, 0.2) is 48.5 Å². The Morgan fingerprint density at radius 1 is 0.607 bits per heavy atom. The van der Waals surface area contributed by atoms with Crippen LogP contribution in [-0.2, 0) is 18.9 Å². The maximum absolute atomic E-state index is 9.89. The largest absolute Gasteiger partial charge is 0.394 e. The molecule has 0 aliphatic carbocycles. The highest BCUT2D eigenvalue weighted by Crippen LogP contribution is 2.40. The normalized spacial score (nSPS) is 32.7. The summed E-state index contributed by atoms with van der Waals surface area (Å²) in [7, 11) is 0. The maximum atomic E-state index is 9.89. The highest BCUT2D eigenvalue weighted by atomic mass is 35.5. The molecule has 0 saturated carbocycles. The van der Waals surface area contributed by atoms with Crippen LogP contribution < -0.4 is 0 Å². The van der Waals surface area contributed by atoms with Gasteiger partial charge in [0.25, 0.3) is 0 Å². The van der Waals surface area contributed by atoms with E-state index < -0.39 is 37.0 Å². The zero-order valence-corrected chi connectivity index (χ0v) is 16.3. The fraction of sp³-hybridized carbons (Fsp3) is 0.400. The van der Waals surface area contributed by atoms with Crippen LogP contribution in [0.1, 0.15) is 23.7 Å². The molecule has 2 N–H and O–H groups in total. The molecule has 0 bridgehead atoms. The van der Waals surface area contributed by atoms with Crippen LogP contribution in [-0.4, -0.2) is 47.8 Å². The van der Waals surface area contributed by atoms with Crippen LogP contribution in [0.3, 0.4) is 0 Å². The summed E-state index contributed by atoms with van der Waals surface area (Å²) in [6, 6.07) is 14.1. The minimum atomic E-state index is -0.732. The highest BCUT2D eigenvalue weighted by Gasteiger charge is 2.49. The number of halogens is 2. The molecule has 0 spiro atoms. The Bertz CT molecular complexity index is 717. The molecule has 2 saturated heterocycles. The number of hydrogen-bond acceptors (Lipinski definition) is 6. The Kier molecular flexibility index (Phi) is 6.20. The maximum Gasteiger partial charge on any atom is 0.184 e. The zero-order chi connectivity index (χ0) is 19.7. The second kappa shape index (κ2) is 8.65. The third-order valence-electron chi connectivity index (χ3n) is 4.86. The van der Waals surface area contributed by atoms with Crippen molar-refractivity contribution in [1.29, 1.82) is 0 Å². The van der Waals surface area contributed by atoms with Gasteiger partial charge in [-0.25, -0.2) is 0 Å². The van der Waals surface area contributed by atoms with Gasteiger partial charge in [-0.15, -0.1) is 0 Å². The molecule has 6 nitrogen and oxygen atoms in total. The van der Waals surface area contributed by atoms with E-state index in [9.17, 15) is 10.2 Å². The van der Waals surface area contributed by atoms with Gasteiger partial charge in [0.2, 0.25) is 0 Å². The number of aliphatic hydroxyl groups excluding tert-OH is 2. The lowest BCUT2D eigenvalue weighted by Crippen LogP contribution is -2.59. The Morgan fingerprint density at radius 3 is 1.29 bits per heavy atom. The summed E-state index contributed by atoms with van der Waals surface area (Å²) in [5.74, 6) is 0. The lowest BCUT2D eigenvalue weighted by atomic mass is 9.99. The summed E-state index contributed by atoms with van der Waals surface area (Å²) in [4.78, 5) is 0. The van der Waals surface area contributed by atoms with Crippen molar-refractivity contribution in [3.63, 3.8) is 0 Å². The Labute approximate surface area is 172 Å². The van der Waals surface area contributed by atoms with E-state index in [4.69, 9.17) is 42.1 Å². The first-order valence-corrected chi connectivity index (χ1v) is 9.69. The molecule has 0 amide bonds. The van der Waals surface area contributed by atoms with E-state index in [0.717, 1.165) is 11.1 Å². The zero-order valence-electron chi connectivity index (χ0n) is 14.8. The molecular weight excluding hydrogens is 407 g/mol. The lowest BCUT2D eigenvalue weighted by Gasteiger charge is -2.48. The molecule has 2 aliphatic heterocycles. The van der Waals surface area contributed by atoms with Crippen LogP contribution in [0.25, 0.3) is 0 Å². The van der Waals surface area contributed by atoms with Crippen molar-refractivity contribution in [3.05, 3.63) is 69.7 Å². The average Bonchev–Trinajstić information content (AvgIpc) is 2.73. The van der Waals surface area contributed by atoms with E-state index in [0.29, 0.717) is 10.0 Å². The molecule has 2 heterocycles. The van der Waals surface area contributed by atoms with Crippen molar-refractivity contribution < 1.29 is 29.2 Å². The van der Waals surface area contributed by atoms with Gasteiger partial charge in [-0.2, -0.15) is 0 Å². The van der Waals surface area contributed by atoms with Gasteiger partial charge < -0.3 is 29.2 Å². The first-order valence-electron chi connectivity index (χ1n) is 8.93. The number of benzene rings is 2. The van der Waals surface area contributed by atoms with Gasteiger partial charge in [0.1, 0.15) is 24.4 Å². The summed E-state index contributed by atoms with van der Waals surface area (Å²) < 4.78 is 24.0. The molecule has 2 aromatic carbocycles. The van der Waals surface area contributed by atoms with E-state index >= 15 is 0 Å². The smallest absolute Gasteiger partial charge is 0.184 e. The molecule has 0 radical (unpaired) electrons. The van der Waals surface area contributed by atoms with Crippen molar-refractivity contribution in [2.75, 3.05) is 13.2 Å². The summed E-state index contributed by atoms with van der Waals surface area (Å²) in [6.07, 6.45) is -3.98. The first kappa shape index (κ1) is 20.1. The molecule has 2 aliphatic rings. The Morgan fingerprint density at radius 2 is 0.964 bits per heavy atom. The summed E-state index contributed by atoms with van der Waals surface area (Å²) >= 11 is 11.9. The van der Waals surface area contributed by atoms with Crippen LogP contribution in [0, 0.1) is 0 Å². The number of hydrogen-bond donors (Lipinski definition) is 2. The number of aliphatic hydroxyl groups is 2. The van der Waals surface area contributed by atoms with Crippen molar-refractivity contribution in [3.8, 4) is 0 Å². The quantitative estimate of drug-likeness (QED) is 0.781. The van der Waals surface area contributed by atoms with E-state index in [1.165, 1.54) is 0 Å². The minimum Gasteiger partial charge on any atom is -0.394 e. The molecule has 28 heavy (non-hydrogen) atoms. The second-order valence-electron chi connectivity index (χ2n) is 6.68. The van der Waals surface area contributed by atoms with Gasteiger partial charge in [0.05, 0.1) is 13.2 Å². The van der Waals surface area contributed by atoms with E-state index in [-0.39, 0.29) is 13.2 Å². The average molecular weight is 427 g/mol. The first-order chi connectivity index (χ1) is 13.6. The van der Waals surface area contributed by atoms with Gasteiger partial charge in [0.15, 0.2) is 12.6 Å². The Balaban J connectivity index is 1.58. The van der Waals surface area contributed by atoms with Crippen molar-refractivity contribution >= 4 is 23.2 Å². The predicted octanol–water partition coefficient (Wildman–Crippen LogP) is 3.24. The monoisotopic (exact) mass is 426 g/mol. The SMILES string of the molecule is OC[C@@H]1OC(c2ccc(Cl)cc2)O[C@H]2[C@@H]1OC(c1ccc(Cl)cc1)O[C@@H]2CO. The van der Waals surface area contributed by atoms with Crippen molar-refractivity contribution in [2.45, 2.75) is 37.0 Å². The van der Waals surface area contributed by atoms with Crippen molar-refractivity contribution in [2.24, 2.45) is 0 Å². The standard InChI is InChI=1S/C20H20Cl2O6/c21-13-5-1-11(2-6-13)19-25-15(9-23)18-17(27-19)16(10-24)26-20(28-18)12-3-7-14(22)8-4-12/h1-8,15-20,23-24H,9-10H2/t15-,16+,17-,18-,19?,20?/m1/s1. The topological polar surface area (TPSA) is 77.4 Å². The van der Waals surface area contributed by atoms with Crippen LogP contribution in [0.5, 0.6) is 0 Å². The van der Waals surface area contributed by atoms with E-state index in [1.807, 2.05) is 0 Å². The van der Waals surface area contributed by atoms with Crippen LogP contribution in [0.2, 0.25) is 10.0 Å². The highest BCUT2D eigenvalue weighted by molar-refractivity contribution is 6.30. The lowest BCUT2D eigenvalue weighted by molar-refractivity contribution is -0.387. The molecule has 0 aromatic heterocycles. The van der Waals surface area contributed by atoms with Gasteiger partial charge in [0, 0.05) is 21.2 Å². The number of rotatable bonds is 4. The third kappa shape index (κ3) is 4.06. The minimum absolute atomic E-state index is 0.264. The molecule has 2 fully saturated rings. The second-order valence-corrected chi connectivity index (χ2v) is 7.56. The van der Waals surface area contributed by atoms with Gasteiger partial charge in [-0.3, -0.25) is 0 Å². The molecule has 2 unspecified atom stereocenters. The molecule has 2 aromatic rings. The Hall–Kier alpha value is -1.22. The van der Waals surface area contributed by atoms with E-state index in [2.05, 4.69) is 0 Å². The molecule has 4 rings (SSSR count). The summed E-state index contributed by atoms with van der Waals surface area (Å²) in [5.41, 5.74) is 1.50. The van der Waals surface area contributed by atoms with E-state index in [1.54, 1.807) is 48.5 Å². The van der Waals surface area contributed by atoms with Gasteiger partial charge in [-0.05, 0) is 24.3 Å². The molecule has 150 valence electrons. The number of ether oxygens (including phenoxy) is 4.